The van der Waals surface area contributed by atoms with Crippen LogP contribution in [0.4, 0.5) is 13.2 Å². The number of carbonyl (C=O) groups is 1. The molecule has 0 fully saturated rings. The predicted molar refractivity (Wildman–Crippen MR) is 107 cm³/mol. The van der Waals surface area contributed by atoms with Gasteiger partial charge in [0.15, 0.2) is 6.61 Å². The van der Waals surface area contributed by atoms with E-state index in [1.54, 1.807) is 6.92 Å². The Bertz CT molecular complexity index is 992. The van der Waals surface area contributed by atoms with Crippen LogP contribution in [0.2, 0.25) is 5.02 Å². The van der Waals surface area contributed by atoms with E-state index in [0.29, 0.717) is 0 Å². The van der Waals surface area contributed by atoms with E-state index in [1.165, 1.54) is 38.6 Å². The van der Waals surface area contributed by atoms with Crippen LogP contribution in [-0.2, 0) is 9.53 Å². The lowest BCUT2D eigenvalue weighted by Gasteiger charge is -2.21. The van der Waals surface area contributed by atoms with Crippen molar-refractivity contribution >= 4 is 17.6 Å². The quantitative estimate of drug-likeness (QED) is 0.600. The van der Waals surface area contributed by atoms with E-state index in [0.717, 1.165) is 10.6 Å². The highest BCUT2D eigenvalue weighted by molar-refractivity contribution is 6.31. The zero-order valence-electron chi connectivity index (χ0n) is 16.9. The normalized spacial score (nSPS) is 13.5. The monoisotopic (exact) mass is 463 g/mol. The van der Waals surface area contributed by atoms with Gasteiger partial charge < -0.3 is 19.3 Å². The number of aliphatic carboxylic acids is 1. The highest BCUT2D eigenvalue weighted by atomic mass is 35.5. The average Bonchev–Trinajstić information content (AvgIpc) is 2.70. The van der Waals surface area contributed by atoms with Crippen molar-refractivity contribution < 1.29 is 37.3 Å². The van der Waals surface area contributed by atoms with Crippen molar-refractivity contribution in [2.75, 3.05) is 20.8 Å². The van der Waals surface area contributed by atoms with Gasteiger partial charge in [-0.3, -0.25) is 9.36 Å². The van der Waals surface area contributed by atoms with Crippen molar-refractivity contribution in [1.82, 2.24) is 4.57 Å². The van der Waals surface area contributed by atoms with Gasteiger partial charge in [-0.1, -0.05) is 11.6 Å². The third-order valence-electron chi connectivity index (χ3n) is 4.47. The first-order valence-corrected chi connectivity index (χ1v) is 9.40. The molecule has 2 atom stereocenters. The zero-order valence-corrected chi connectivity index (χ0v) is 17.7. The average molecular weight is 464 g/mol. The first-order chi connectivity index (χ1) is 14.5. The molecule has 0 amide bonds. The molecule has 31 heavy (non-hydrogen) atoms. The molecule has 2 rings (SSSR count). The van der Waals surface area contributed by atoms with E-state index >= 15 is 0 Å². The molecular formula is C20H21ClF3NO6. The van der Waals surface area contributed by atoms with Gasteiger partial charge in [-0.2, -0.15) is 13.2 Å². The van der Waals surface area contributed by atoms with Crippen molar-refractivity contribution in [3.8, 4) is 22.6 Å². The summed E-state index contributed by atoms with van der Waals surface area (Å²) in [5.41, 5.74) is -0.504. The number of aromatic nitrogens is 1. The molecule has 0 aliphatic carbocycles. The Morgan fingerprint density at radius 3 is 2.39 bits per heavy atom. The number of pyridine rings is 1. The number of halogens is 4. The molecular weight excluding hydrogens is 443 g/mol. The summed E-state index contributed by atoms with van der Waals surface area (Å²) < 4.78 is 54.1. The second-order valence-electron chi connectivity index (χ2n) is 6.68. The maximum absolute atomic E-state index is 12.8. The summed E-state index contributed by atoms with van der Waals surface area (Å²) in [5, 5.41) is 9.76. The molecule has 1 unspecified atom stereocenters. The summed E-state index contributed by atoms with van der Waals surface area (Å²) in [7, 11) is 2.69. The van der Waals surface area contributed by atoms with Crippen LogP contribution in [0.25, 0.3) is 11.1 Å². The van der Waals surface area contributed by atoms with Crippen LogP contribution in [0, 0.1) is 0 Å². The number of carboxylic acids is 1. The summed E-state index contributed by atoms with van der Waals surface area (Å²) in [4.78, 5) is 24.5. The Kier molecular flexibility index (Phi) is 7.96. The molecule has 2 aromatic rings. The van der Waals surface area contributed by atoms with Crippen LogP contribution in [0.1, 0.15) is 19.4 Å². The van der Waals surface area contributed by atoms with Crippen molar-refractivity contribution in [2.24, 2.45) is 0 Å². The molecule has 1 aromatic carbocycles. The lowest BCUT2D eigenvalue weighted by atomic mass is 10.0. The fourth-order valence-corrected chi connectivity index (χ4v) is 3.06. The summed E-state index contributed by atoms with van der Waals surface area (Å²) in [6.45, 7) is 0.111. The second-order valence-corrected chi connectivity index (χ2v) is 7.12. The van der Waals surface area contributed by atoms with Crippen molar-refractivity contribution in [2.45, 2.75) is 31.7 Å². The van der Waals surface area contributed by atoms with Gasteiger partial charge >= 0.3 is 12.1 Å². The highest BCUT2D eigenvalue weighted by Crippen LogP contribution is 2.38. The molecule has 0 saturated carbocycles. The number of alkyl halides is 3. The zero-order chi connectivity index (χ0) is 23.3. The number of hydrogen-bond acceptors (Lipinski definition) is 5. The summed E-state index contributed by atoms with van der Waals surface area (Å²) >= 11 is 6.00. The SMILES string of the molecule is COc1cn(C(C[C@H](C)OC)C(=O)O)c(=O)cc1-c1cc(Cl)ccc1OCC(F)(F)F. The summed E-state index contributed by atoms with van der Waals surface area (Å²) in [5.74, 6) is -1.37. The molecule has 0 saturated heterocycles. The third-order valence-corrected chi connectivity index (χ3v) is 4.70. The Morgan fingerprint density at radius 2 is 1.84 bits per heavy atom. The first kappa shape index (κ1) is 24.5. The van der Waals surface area contributed by atoms with E-state index in [9.17, 15) is 27.9 Å². The lowest BCUT2D eigenvalue weighted by molar-refractivity contribution is -0.153. The topological polar surface area (TPSA) is 87.0 Å². The van der Waals surface area contributed by atoms with Gasteiger partial charge in [-0.15, -0.1) is 0 Å². The van der Waals surface area contributed by atoms with E-state index < -0.39 is 36.5 Å². The van der Waals surface area contributed by atoms with Crippen molar-refractivity contribution in [3.05, 3.63) is 45.8 Å². The molecule has 0 aliphatic rings. The van der Waals surface area contributed by atoms with Gasteiger partial charge in [-0.25, -0.2) is 4.79 Å². The molecule has 0 radical (unpaired) electrons. The molecule has 0 aliphatic heterocycles. The van der Waals surface area contributed by atoms with Gasteiger partial charge in [0.25, 0.3) is 5.56 Å². The number of ether oxygens (including phenoxy) is 3. The van der Waals surface area contributed by atoms with Crippen LogP contribution in [0.5, 0.6) is 11.5 Å². The Morgan fingerprint density at radius 1 is 1.19 bits per heavy atom. The number of nitrogens with zero attached hydrogens (tertiary/aromatic N) is 1. The van der Waals surface area contributed by atoms with Gasteiger partial charge in [-0.05, 0) is 25.1 Å². The number of methoxy groups -OCH3 is 2. The standard InChI is InChI=1S/C20H21ClF3NO6/c1-11(29-2)6-15(19(27)28)25-9-17(30-3)14(8-18(25)26)13-7-12(21)4-5-16(13)31-10-20(22,23)24/h4-5,7-9,11,15H,6,10H2,1-3H3,(H,27,28)/t11-,15?/m0/s1. The Balaban J connectivity index is 2.59. The molecule has 11 heteroatoms. The fraction of sp³-hybridized carbons (Fsp3) is 0.400. The molecule has 0 bridgehead atoms. The molecule has 170 valence electrons. The number of hydrogen-bond donors (Lipinski definition) is 1. The molecule has 7 nitrogen and oxygen atoms in total. The van der Waals surface area contributed by atoms with Crippen LogP contribution in [0.15, 0.2) is 35.3 Å². The fourth-order valence-electron chi connectivity index (χ4n) is 2.89. The maximum atomic E-state index is 12.8. The van der Waals surface area contributed by atoms with E-state index in [2.05, 4.69) is 0 Å². The Hall–Kier alpha value is -2.72. The van der Waals surface area contributed by atoms with Gasteiger partial charge in [0, 0.05) is 35.7 Å². The molecule has 1 N–H and O–H groups in total. The minimum absolute atomic E-state index is 0.00531. The minimum atomic E-state index is -4.57. The largest absolute Gasteiger partial charge is 0.495 e. The van der Waals surface area contributed by atoms with E-state index in [1.807, 2.05) is 0 Å². The third kappa shape index (κ3) is 6.38. The summed E-state index contributed by atoms with van der Waals surface area (Å²) in [6, 6.07) is 3.74. The Labute approximate surface area is 180 Å². The smallest absolute Gasteiger partial charge is 0.422 e. The highest BCUT2D eigenvalue weighted by Gasteiger charge is 2.30. The number of benzene rings is 1. The lowest BCUT2D eigenvalue weighted by Crippen LogP contribution is -2.32. The molecule has 1 heterocycles. The number of carboxylic acid groups (broad SMARTS) is 1. The maximum Gasteiger partial charge on any atom is 0.422 e. The van der Waals surface area contributed by atoms with E-state index in [4.69, 9.17) is 25.8 Å². The predicted octanol–water partition coefficient (Wildman–Crippen LogP) is 4.17. The van der Waals surface area contributed by atoms with Crippen molar-refractivity contribution in [1.29, 1.82) is 0 Å². The molecule has 1 aromatic heterocycles. The van der Waals surface area contributed by atoms with Gasteiger partial charge in [0.2, 0.25) is 0 Å². The number of rotatable bonds is 9. The van der Waals surface area contributed by atoms with E-state index in [-0.39, 0.29) is 34.1 Å². The second kappa shape index (κ2) is 10.1. The van der Waals surface area contributed by atoms with Crippen LogP contribution >= 0.6 is 11.6 Å². The van der Waals surface area contributed by atoms with Gasteiger partial charge in [0.05, 0.1) is 19.4 Å². The molecule has 0 spiro atoms. The van der Waals surface area contributed by atoms with Crippen molar-refractivity contribution in [3.63, 3.8) is 0 Å². The van der Waals surface area contributed by atoms with Crippen LogP contribution in [0.3, 0.4) is 0 Å². The first-order valence-electron chi connectivity index (χ1n) is 9.02. The van der Waals surface area contributed by atoms with Gasteiger partial charge in [0.1, 0.15) is 17.5 Å². The van der Waals surface area contributed by atoms with Crippen LogP contribution in [-0.4, -0.2) is 48.7 Å². The minimum Gasteiger partial charge on any atom is -0.495 e. The van der Waals surface area contributed by atoms with Crippen LogP contribution < -0.4 is 15.0 Å². The summed E-state index contributed by atoms with van der Waals surface area (Å²) in [6.07, 6.45) is -3.83.